The maximum Gasteiger partial charge on any atom is 0.0543 e. The van der Waals surface area contributed by atoms with E-state index in [1.165, 1.54) is 138 Å². The van der Waals surface area contributed by atoms with Crippen molar-refractivity contribution in [1.29, 1.82) is 0 Å². The molecule has 280 valence electrons. The summed E-state index contributed by atoms with van der Waals surface area (Å²) >= 11 is 0. The molecule has 0 atom stereocenters. The molecule has 0 amide bonds. The maximum atomic E-state index is 2.61. The summed E-state index contributed by atoms with van der Waals surface area (Å²) in [6, 6.07) is 54.1. The van der Waals surface area contributed by atoms with E-state index in [0.29, 0.717) is 11.3 Å². The Labute approximate surface area is 334 Å². The predicted octanol–water partition coefficient (Wildman–Crippen LogP) is 15.3. The summed E-state index contributed by atoms with van der Waals surface area (Å²) in [5, 5.41) is 0. The zero-order valence-corrected chi connectivity index (χ0v) is 33.3. The van der Waals surface area contributed by atoms with Crippen LogP contribution in [-0.4, -0.2) is 0 Å². The highest BCUT2D eigenvalue weighted by Gasteiger charge is 2.51. The molecule has 6 aromatic carbocycles. The maximum absolute atomic E-state index is 2.61. The number of nitrogens with zero attached hydrogens (tertiary/aromatic N) is 1. The molecule has 5 saturated carbocycles. The molecule has 0 heterocycles. The van der Waals surface area contributed by atoms with Crippen molar-refractivity contribution in [3.8, 4) is 33.4 Å². The molecular formula is C55H55N. The van der Waals surface area contributed by atoms with E-state index in [1.807, 2.05) is 0 Å². The second-order valence-corrected chi connectivity index (χ2v) is 19.0. The van der Waals surface area contributed by atoms with Crippen molar-refractivity contribution >= 4 is 17.1 Å². The first-order valence-electron chi connectivity index (χ1n) is 21.9. The van der Waals surface area contributed by atoms with Crippen LogP contribution in [0.4, 0.5) is 17.1 Å². The highest BCUT2D eigenvalue weighted by atomic mass is 15.1. The largest absolute Gasteiger partial charge is 0.309 e. The fourth-order valence-corrected chi connectivity index (χ4v) is 12.9. The summed E-state index contributed by atoms with van der Waals surface area (Å²) in [6.45, 7) is 4.83. The van der Waals surface area contributed by atoms with Gasteiger partial charge in [-0.2, -0.15) is 0 Å². The third-order valence-electron chi connectivity index (χ3n) is 15.2. The normalized spacial score (nSPS) is 24.5. The van der Waals surface area contributed by atoms with Gasteiger partial charge in [0.2, 0.25) is 0 Å². The zero-order chi connectivity index (χ0) is 37.4. The summed E-state index contributed by atoms with van der Waals surface area (Å²) in [7, 11) is 0. The van der Waals surface area contributed by atoms with Gasteiger partial charge in [0.1, 0.15) is 0 Å². The van der Waals surface area contributed by atoms with Gasteiger partial charge in [-0.25, -0.2) is 0 Å². The van der Waals surface area contributed by atoms with Crippen molar-refractivity contribution < 1.29 is 0 Å². The van der Waals surface area contributed by atoms with Crippen molar-refractivity contribution in [3.05, 3.63) is 162 Å². The molecule has 6 aliphatic rings. The van der Waals surface area contributed by atoms with E-state index < -0.39 is 0 Å². The molecule has 6 aliphatic carbocycles. The molecule has 1 nitrogen and oxygen atoms in total. The van der Waals surface area contributed by atoms with Crippen LogP contribution in [0.25, 0.3) is 33.4 Å². The van der Waals surface area contributed by atoms with Crippen LogP contribution in [0.15, 0.2) is 140 Å². The van der Waals surface area contributed by atoms with Gasteiger partial charge < -0.3 is 4.90 Å². The first-order chi connectivity index (χ1) is 27.4. The van der Waals surface area contributed by atoms with Gasteiger partial charge in [-0.1, -0.05) is 142 Å². The number of hydrogen-bond acceptors (Lipinski definition) is 1. The fourth-order valence-electron chi connectivity index (χ4n) is 12.9. The number of rotatable bonds is 7. The lowest BCUT2D eigenvalue weighted by molar-refractivity contribution is -0.00518. The van der Waals surface area contributed by atoms with Crippen LogP contribution in [0.1, 0.15) is 113 Å². The number of fused-ring (bicyclic) bond motifs is 3. The van der Waals surface area contributed by atoms with E-state index in [9.17, 15) is 0 Å². The van der Waals surface area contributed by atoms with Crippen molar-refractivity contribution in [2.75, 3.05) is 4.90 Å². The highest BCUT2D eigenvalue weighted by molar-refractivity contribution is 5.97. The first-order valence-corrected chi connectivity index (χ1v) is 21.9. The van der Waals surface area contributed by atoms with Gasteiger partial charge in [-0.05, 0) is 155 Å². The van der Waals surface area contributed by atoms with Gasteiger partial charge in [-0.15, -0.1) is 0 Å². The van der Waals surface area contributed by atoms with Gasteiger partial charge >= 0.3 is 0 Å². The molecule has 0 unspecified atom stereocenters. The van der Waals surface area contributed by atoms with Crippen molar-refractivity contribution in [2.45, 2.75) is 101 Å². The Balaban J connectivity index is 1.10. The van der Waals surface area contributed by atoms with Crippen LogP contribution in [0, 0.1) is 17.8 Å². The highest BCUT2D eigenvalue weighted by Crippen LogP contribution is 2.61. The molecule has 56 heavy (non-hydrogen) atoms. The molecule has 0 radical (unpaired) electrons. The Morgan fingerprint density at radius 3 is 1.79 bits per heavy atom. The Morgan fingerprint density at radius 2 is 1.09 bits per heavy atom. The van der Waals surface area contributed by atoms with Crippen LogP contribution in [0.3, 0.4) is 0 Å². The second kappa shape index (κ2) is 13.4. The van der Waals surface area contributed by atoms with Crippen LogP contribution >= 0.6 is 0 Å². The van der Waals surface area contributed by atoms with Gasteiger partial charge in [0, 0.05) is 22.2 Å². The monoisotopic (exact) mass is 729 g/mol. The minimum absolute atomic E-state index is 0.113. The predicted molar refractivity (Wildman–Crippen MR) is 235 cm³/mol. The quantitative estimate of drug-likeness (QED) is 0.158. The summed E-state index contributed by atoms with van der Waals surface area (Å²) < 4.78 is 0. The Hall–Kier alpha value is -4.88. The number of benzene rings is 6. The summed E-state index contributed by atoms with van der Waals surface area (Å²) in [5.74, 6) is 3.49. The topological polar surface area (TPSA) is 3.24 Å². The van der Waals surface area contributed by atoms with E-state index in [2.05, 4.69) is 158 Å². The number of hydrogen-bond donors (Lipinski definition) is 0. The van der Waals surface area contributed by atoms with E-state index in [4.69, 9.17) is 0 Å². The van der Waals surface area contributed by atoms with Crippen LogP contribution < -0.4 is 4.90 Å². The van der Waals surface area contributed by atoms with Crippen molar-refractivity contribution in [3.63, 3.8) is 0 Å². The molecule has 0 aromatic heterocycles. The van der Waals surface area contributed by atoms with Gasteiger partial charge in [0.05, 0.1) is 11.4 Å². The average molecular weight is 730 g/mol. The first kappa shape index (κ1) is 34.4. The summed E-state index contributed by atoms with van der Waals surface area (Å²) in [6.07, 6.45) is 15.3. The van der Waals surface area contributed by atoms with E-state index in [1.54, 1.807) is 5.56 Å². The van der Waals surface area contributed by atoms with Crippen LogP contribution in [0.2, 0.25) is 0 Å². The van der Waals surface area contributed by atoms with E-state index in [0.717, 1.165) is 17.8 Å². The Kier molecular flexibility index (Phi) is 8.20. The van der Waals surface area contributed by atoms with Crippen molar-refractivity contribution in [2.24, 2.45) is 17.8 Å². The number of anilines is 3. The third-order valence-corrected chi connectivity index (χ3v) is 15.2. The van der Waals surface area contributed by atoms with Crippen LogP contribution in [0.5, 0.6) is 0 Å². The SMILES string of the molecule is CC1(C)c2ccccc2-c2cc(-c3ccccc3)c(N(c3ccc(C45CC6CC(CC(C6)C4)C5)cc3)c3ccccc3-c3ccc(C4CCCCC4)cc3)cc21. The van der Waals surface area contributed by atoms with Gasteiger partial charge in [0.25, 0.3) is 0 Å². The van der Waals surface area contributed by atoms with Gasteiger partial charge in [0.15, 0.2) is 0 Å². The number of para-hydroxylation sites is 1. The fraction of sp³-hybridized carbons (Fsp3) is 0.345. The molecule has 1 heteroatoms. The van der Waals surface area contributed by atoms with E-state index >= 15 is 0 Å². The standard InChI is InChI=1S/C55H55N/c1-54(2)50-19-11-9-18-47(50)49-32-48(42-15-7-4-8-16-42)53(33-51(49)54)56(45-27-25-44(26-28-45)55-34-37-29-38(35-55)31-39(30-37)36-55)52-20-12-10-17-46(52)43-23-21-41(22-24-43)40-13-5-3-6-14-40/h4,7-12,15-28,32-33,37-40H,3,5-6,13-14,29-31,34-36H2,1-2H3. The summed E-state index contributed by atoms with van der Waals surface area (Å²) in [4.78, 5) is 2.61. The Bertz CT molecular complexity index is 2360. The molecule has 0 N–H and O–H groups in total. The molecule has 4 bridgehead atoms. The minimum atomic E-state index is -0.113. The lowest BCUT2D eigenvalue weighted by Gasteiger charge is -2.57. The van der Waals surface area contributed by atoms with Gasteiger partial charge in [-0.3, -0.25) is 0 Å². The molecule has 6 aromatic rings. The smallest absolute Gasteiger partial charge is 0.0543 e. The summed E-state index contributed by atoms with van der Waals surface area (Å²) in [5.41, 5.74) is 17.7. The lowest BCUT2D eigenvalue weighted by Crippen LogP contribution is -2.48. The average Bonchev–Trinajstić information content (AvgIpc) is 3.46. The minimum Gasteiger partial charge on any atom is -0.309 e. The second-order valence-electron chi connectivity index (χ2n) is 19.0. The van der Waals surface area contributed by atoms with Crippen LogP contribution in [-0.2, 0) is 10.8 Å². The zero-order valence-electron chi connectivity index (χ0n) is 33.3. The molecule has 0 aliphatic heterocycles. The molecule has 5 fully saturated rings. The molecule has 0 saturated heterocycles. The van der Waals surface area contributed by atoms with E-state index in [-0.39, 0.29) is 5.41 Å². The molecular weight excluding hydrogens is 675 g/mol. The third kappa shape index (κ3) is 5.63. The molecule has 12 rings (SSSR count). The van der Waals surface area contributed by atoms with Crippen molar-refractivity contribution in [1.82, 2.24) is 0 Å². The lowest BCUT2D eigenvalue weighted by atomic mass is 9.48. The molecule has 0 spiro atoms. The Morgan fingerprint density at radius 1 is 0.482 bits per heavy atom.